The monoisotopic (exact) mass is 328 g/mol. The average Bonchev–Trinajstić information content (AvgIpc) is 3.19. The van der Waals surface area contributed by atoms with Crippen LogP contribution in [0.4, 0.5) is 0 Å². The molecule has 1 aliphatic heterocycles. The van der Waals surface area contributed by atoms with Gasteiger partial charge in [0.15, 0.2) is 0 Å². The molecule has 0 amide bonds. The molecule has 0 bridgehead atoms. The Labute approximate surface area is 141 Å². The number of nitrogens with zero attached hydrogens (tertiary/aromatic N) is 4. The number of fused-ring (bicyclic) bond motifs is 1. The smallest absolute Gasteiger partial charge is 0.102 e. The maximum atomic E-state index is 10.5. The molecule has 1 saturated heterocycles. The van der Waals surface area contributed by atoms with E-state index in [9.17, 15) is 10.2 Å². The van der Waals surface area contributed by atoms with Gasteiger partial charge in [0.25, 0.3) is 0 Å². The Hall–Kier alpha value is -1.76. The zero-order valence-corrected chi connectivity index (χ0v) is 13.8. The minimum atomic E-state index is -0.515. The summed E-state index contributed by atoms with van der Waals surface area (Å²) in [6.07, 6.45) is 4.69. The molecule has 1 aromatic heterocycles. The minimum Gasteiger partial charge on any atom is -0.393 e. The number of benzene rings is 1. The van der Waals surface area contributed by atoms with Crippen LogP contribution >= 0.6 is 0 Å². The molecule has 0 radical (unpaired) electrons. The minimum absolute atomic E-state index is 0.0613. The Bertz CT molecular complexity index is 694. The molecule has 2 aliphatic rings. The standard InChI is InChI=1S/C18H24N4O2/c23-15-6-9-21(10-7-15)8-5-14-12-22(20-19-14)17-11-13-3-1-2-4-16(13)18(17)24/h1-4,12,15,17-18,23-24H,5-11H2/t17?,18-/m0/s1. The Balaban J connectivity index is 1.37. The van der Waals surface area contributed by atoms with Crippen LogP contribution in [0.1, 0.15) is 41.8 Å². The van der Waals surface area contributed by atoms with Gasteiger partial charge in [-0.2, -0.15) is 0 Å². The molecule has 6 nitrogen and oxygen atoms in total. The zero-order chi connectivity index (χ0) is 16.5. The largest absolute Gasteiger partial charge is 0.393 e. The second kappa shape index (κ2) is 6.63. The van der Waals surface area contributed by atoms with Gasteiger partial charge in [0.1, 0.15) is 6.10 Å². The summed E-state index contributed by atoms with van der Waals surface area (Å²) >= 11 is 0. The van der Waals surface area contributed by atoms with Crippen molar-refractivity contribution < 1.29 is 10.2 Å². The van der Waals surface area contributed by atoms with Crippen LogP contribution in [0.25, 0.3) is 0 Å². The molecule has 6 heteroatoms. The molecule has 2 N–H and O–H groups in total. The van der Waals surface area contributed by atoms with Gasteiger partial charge in [-0.05, 0) is 30.4 Å². The lowest BCUT2D eigenvalue weighted by molar-refractivity contribution is 0.0831. The zero-order valence-electron chi connectivity index (χ0n) is 13.8. The summed E-state index contributed by atoms with van der Waals surface area (Å²) in [7, 11) is 0. The van der Waals surface area contributed by atoms with E-state index >= 15 is 0 Å². The quantitative estimate of drug-likeness (QED) is 0.879. The van der Waals surface area contributed by atoms with E-state index in [1.54, 1.807) is 0 Å². The Morgan fingerprint density at radius 3 is 2.71 bits per heavy atom. The molecule has 2 heterocycles. The van der Waals surface area contributed by atoms with E-state index < -0.39 is 6.10 Å². The van der Waals surface area contributed by atoms with Crippen molar-refractivity contribution in [3.63, 3.8) is 0 Å². The highest BCUT2D eigenvalue weighted by Gasteiger charge is 2.32. The van der Waals surface area contributed by atoms with E-state index in [0.29, 0.717) is 0 Å². The topological polar surface area (TPSA) is 74.4 Å². The van der Waals surface area contributed by atoms with E-state index in [0.717, 1.165) is 56.6 Å². The fraction of sp³-hybridized carbons (Fsp3) is 0.556. The molecule has 2 atom stereocenters. The van der Waals surface area contributed by atoms with Gasteiger partial charge in [-0.3, -0.25) is 0 Å². The first-order chi connectivity index (χ1) is 11.7. The van der Waals surface area contributed by atoms with Crippen LogP contribution in [0.2, 0.25) is 0 Å². The van der Waals surface area contributed by atoms with E-state index in [-0.39, 0.29) is 12.1 Å². The van der Waals surface area contributed by atoms with Gasteiger partial charge >= 0.3 is 0 Å². The van der Waals surface area contributed by atoms with E-state index in [4.69, 9.17) is 0 Å². The SMILES string of the molecule is OC1CCN(CCc2cn(C3Cc4ccccc4[C@@H]3O)nn2)CC1. The van der Waals surface area contributed by atoms with Crippen LogP contribution in [-0.2, 0) is 12.8 Å². The molecule has 1 aliphatic carbocycles. The summed E-state index contributed by atoms with van der Waals surface area (Å²) < 4.78 is 1.82. The number of rotatable bonds is 4. The molecular weight excluding hydrogens is 304 g/mol. The van der Waals surface area contributed by atoms with Crippen molar-refractivity contribution >= 4 is 0 Å². The average molecular weight is 328 g/mol. The maximum Gasteiger partial charge on any atom is 0.102 e. The normalized spacial score (nSPS) is 25.1. The van der Waals surface area contributed by atoms with E-state index in [2.05, 4.69) is 21.3 Å². The van der Waals surface area contributed by atoms with Crippen LogP contribution in [0, 0.1) is 0 Å². The second-order valence-electron chi connectivity index (χ2n) is 6.93. The van der Waals surface area contributed by atoms with Crippen molar-refractivity contribution in [3.05, 3.63) is 47.3 Å². The summed E-state index contributed by atoms with van der Waals surface area (Å²) in [5, 5.41) is 28.6. The summed E-state index contributed by atoms with van der Waals surface area (Å²) in [5.41, 5.74) is 3.16. The van der Waals surface area contributed by atoms with Crippen molar-refractivity contribution in [2.45, 2.75) is 43.9 Å². The molecule has 0 saturated carbocycles. The highest BCUT2D eigenvalue weighted by molar-refractivity contribution is 5.35. The lowest BCUT2D eigenvalue weighted by Gasteiger charge is -2.29. The van der Waals surface area contributed by atoms with Crippen molar-refractivity contribution in [1.82, 2.24) is 19.9 Å². The summed E-state index contributed by atoms with van der Waals surface area (Å²) in [4.78, 5) is 2.37. The number of aromatic nitrogens is 3. The molecule has 1 fully saturated rings. The van der Waals surface area contributed by atoms with Crippen LogP contribution in [0.15, 0.2) is 30.5 Å². The lowest BCUT2D eigenvalue weighted by Crippen LogP contribution is -2.37. The number of hydrogen-bond acceptors (Lipinski definition) is 5. The third-order valence-corrected chi connectivity index (χ3v) is 5.31. The van der Waals surface area contributed by atoms with Crippen molar-refractivity contribution in [1.29, 1.82) is 0 Å². The van der Waals surface area contributed by atoms with Gasteiger partial charge in [-0.15, -0.1) is 5.10 Å². The first kappa shape index (κ1) is 15.7. The molecular formula is C18H24N4O2. The van der Waals surface area contributed by atoms with Gasteiger partial charge in [-0.25, -0.2) is 4.68 Å². The number of piperidine rings is 1. The predicted octanol–water partition coefficient (Wildman–Crippen LogP) is 1.11. The molecule has 2 aromatic rings. The Morgan fingerprint density at radius 2 is 1.92 bits per heavy atom. The summed E-state index contributed by atoms with van der Waals surface area (Å²) in [6, 6.07) is 7.97. The van der Waals surface area contributed by atoms with Gasteiger partial charge in [0, 0.05) is 32.3 Å². The van der Waals surface area contributed by atoms with Crippen LogP contribution in [0.3, 0.4) is 0 Å². The van der Waals surface area contributed by atoms with E-state index in [1.807, 2.05) is 29.1 Å². The Kier molecular flexibility index (Phi) is 4.35. The van der Waals surface area contributed by atoms with Crippen LogP contribution in [0.5, 0.6) is 0 Å². The molecule has 24 heavy (non-hydrogen) atoms. The number of hydrogen-bond donors (Lipinski definition) is 2. The van der Waals surface area contributed by atoms with Crippen LogP contribution in [-0.4, -0.2) is 55.8 Å². The van der Waals surface area contributed by atoms with Gasteiger partial charge in [0.2, 0.25) is 0 Å². The second-order valence-corrected chi connectivity index (χ2v) is 6.93. The van der Waals surface area contributed by atoms with Gasteiger partial charge < -0.3 is 15.1 Å². The van der Waals surface area contributed by atoms with E-state index in [1.165, 1.54) is 5.56 Å². The van der Waals surface area contributed by atoms with Crippen LogP contribution < -0.4 is 0 Å². The molecule has 1 aromatic carbocycles. The summed E-state index contributed by atoms with van der Waals surface area (Å²) in [5.74, 6) is 0. The van der Waals surface area contributed by atoms with Crippen molar-refractivity contribution in [2.24, 2.45) is 0 Å². The highest BCUT2D eigenvalue weighted by atomic mass is 16.3. The fourth-order valence-electron chi connectivity index (χ4n) is 3.80. The maximum absolute atomic E-state index is 10.5. The molecule has 0 spiro atoms. The third-order valence-electron chi connectivity index (χ3n) is 5.31. The number of likely N-dealkylation sites (tertiary alicyclic amines) is 1. The molecule has 1 unspecified atom stereocenters. The third kappa shape index (κ3) is 3.09. The lowest BCUT2D eigenvalue weighted by atomic mass is 10.1. The Morgan fingerprint density at radius 1 is 1.12 bits per heavy atom. The van der Waals surface area contributed by atoms with Crippen molar-refractivity contribution in [3.8, 4) is 0 Å². The van der Waals surface area contributed by atoms with Gasteiger partial charge in [-0.1, -0.05) is 29.5 Å². The fourth-order valence-corrected chi connectivity index (χ4v) is 3.80. The highest BCUT2D eigenvalue weighted by Crippen LogP contribution is 2.38. The number of aliphatic hydroxyl groups excluding tert-OH is 2. The molecule has 4 rings (SSSR count). The first-order valence-electron chi connectivity index (χ1n) is 8.77. The predicted molar refractivity (Wildman–Crippen MR) is 89.5 cm³/mol. The summed E-state index contributed by atoms with van der Waals surface area (Å²) in [6.45, 7) is 2.84. The van der Waals surface area contributed by atoms with Gasteiger partial charge in [0.05, 0.1) is 17.8 Å². The number of aliphatic hydroxyl groups is 2. The van der Waals surface area contributed by atoms with Crippen molar-refractivity contribution in [2.75, 3.05) is 19.6 Å². The molecule has 128 valence electrons. The first-order valence-corrected chi connectivity index (χ1v) is 8.77.